The van der Waals surface area contributed by atoms with E-state index in [4.69, 9.17) is 16.2 Å². The van der Waals surface area contributed by atoms with Crippen LogP contribution in [0.3, 0.4) is 0 Å². The molecule has 3 aromatic rings. The van der Waals surface area contributed by atoms with Crippen LogP contribution in [0.5, 0.6) is 0 Å². The Bertz CT molecular complexity index is 1390. The highest BCUT2D eigenvalue weighted by atomic mass is 35.5. The molecule has 2 aliphatic rings. The predicted octanol–water partition coefficient (Wildman–Crippen LogP) is 5.84. The minimum Gasteiger partial charge on any atom is -0.396 e. The lowest BCUT2D eigenvalue weighted by Crippen LogP contribution is -2.52. The van der Waals surface area contributed by atoms with Crippen LogP contribution in [-0.4, -0.2) is 72.1 Å². The van der Waals surface area contributed by atoms with E-state index >= 15 is 0 Å². The smallest absolute Gasteiger partial charge is 0.228 e. The Kier molecular flexibility index (Phi) is 9.62. The molecule has 1 aromatic carbocycles. The highest BCUT2D eigenvalue weighted by molar-refractivity contribution is 7.99. The van der Waals surface area contributed by atoms with Gasteiger partial charge in [0.25, 0.3) is 0 Å². The average Bonchev–Trinajstić information content (AvgIpc) is 2.94. The standard InChI is InChI=1S/C27H29ClF2N6O3S2/c28-17-1-2-21(29)20(13-17)22-15-23(26(35-34-22)40-10-9-37)32-18-3-6-31-24(14-18)33-25(38)16-11-19(12-16)36-7-4-27(30,41-39)5-8-36/h1-3,6,13-16,19,37,39H,4-5,7-12H2,(H2,31,32,33,34,38). The van der Waals surface area contributed by atoms with E-state index in [2.05, 4.69) is 30.7 Å². The monoisotopic (exact) mass is 622 g/mol. The number of aromatic nitrogens is 3. The third kappa shape index (κ3) is 7.27. The fourth-order valence-corrected chi connectivity index (χ4v) is 6.11. The first kappa shape index (κ1) is 29.9. The molecule has 4 N–H and O–H groups in total. The van der Waals surface area contributed by atoms with E-state index in [0.717, 1.165) is 0 Å². The van der Waals surface area contributed by atoms with E-state index in [1.807, 2.05) is 0 Å². The zero-order valence-corrected chi connectivity index (χ0v) is 24.3. The largest absolute Gasteiger partial charge is 0.396 e. The van der Waals surface area contributed by atoms with Crippen LogP contribution in [0.1, 0.15) is 25.7 Å². The van der Waals surface area contributed by atoms with Crippen LogP contribution >= 0.6 is 35.4 Å². The van der Waals surface area contributed by atoms with Gasteiger partial charge in [0, 0.05) is 84.2 Å². The number of hydrogen-bond donors (Lipinski definition) is 4. The number of likely N-dealkylation sites (tertiary alicyclic amines) is 1. The number of pyridine rings is 1. The summed E-state index contributed by atoms with van der Waals surface area (Å²) in [5, 5.41) is 23.1. The lowest BCUT2D eigenvalue weighted by molar-refractivity contribution is -0.124. The van der Waals surface area contributed by atoms with Gasteiger partial charge in [-0.2, -0.15) is 0 Å². The molecule has 3 heterocycles. The maximum Gasteiger partial charge on any atom is 0.228 e. The SMILES string of the molecule is O=C(Nc1cc(Nc2cc(-c3cc(Cl)ccc3F)nnc2SCCO)ccn1)C1CC(N2CCC(F)(SO)CC2)C1. The molecule has 2 aromatic heterocycles. The molecule has 1 aliphatic heterocycles. The van der Waals surface area contributed by atoms with E-state index in [1.165, 1.54) is 30.0 Å². The number of benzene rings is 1. The fourth-order valence-electron chi connectivity index (χ4n) is 4.92. The van der Waals surface area contributed by atoms with Gasteiger partial charge in [-0.1, -0.05) is 11.6 Å². The molecule has 1 saturated carbocycles. The number of piperidine rings is 1. The maximum atomic E-state index is 14.5. The lowest BCUT2D eigenvalue weighted by Gasteiger charge is -2.45. The van der Waals surface area contributed by atoms with E-state index in [0.29, 0.717) is 71.0 Å². The van der Waals surface area contributed by atoms with Gasteiger partial charge in [0.15, 0.2) is 5.00 Å². The van der Waals surface area contributed by atoms with Crippen molar-refractivity contribution in [2.75, 3.05) is 36.1 Å². The average molecular weight is 623 g/mol. The van der Waals surface area contributed by atoms with Gasteiger partial charge in [-0.05, 0) is 43.2 Å². The Balaban J connectivity index is 1.24. The van der Waals surface area contributed by atoms with Gasteiger partial charge in [0.05, 0.1) is 18.0 Å². The summed E-state index contributed by atoms with van der Waals surface area (Å²) < 4.78 is 37.9. The number of hydrogen-bond acceptors (Lipinski definition) is 10. The summed E-state index contributed by atoms with van der Waals surface area (Å²) in [7, 11) is 0. The molecule has 0 atom stereocenters. The molecular formula is C27H29ClF2N6O3S2. The van der Waals surface area contributed by atoms with Crippen LogP contribution in [-0.2, 0) is 4.79 Å². The van der Waals surface area contributed by atoms with Crippen molar-refractivity contribution in [3.8, 4) is 11.3 Å². The second-order valence-corrected chi connectivity index (χ2v) is 12.5. The normalized spacial score (nSPS) is 20.3. The van der Waals surface area contributed by atoms with Gasteiger partial charge in [-0.3, -0.25) is 4.79 Å². The zero-order valence-electron chi connectivity index (χ0n) is 21.9. The molecule has 1 amide bonds. The Morgan fingerprint density at radius 1 is 1.17 bits per heavy atom. The maximum absolute atomic E-state index is 14.5. The first-order valence-corrected chi connectivity index (χ1v) is 15.3. The summed E-state index contributed by atoms with van der Waals surface area (Å²) in [5.41, 5.74) is 1.64. The summed E-state index contributed by atoms with van der Waals surface area (Å²) in [6.45, 7) is 1.07. The summed E-state index contributed by atoms with van der Waals surface area (Å²) in [6, 6.07) is 9.49. The first-order chi connectivity index (χ1) is 19.8. The van der Waals surface area contributed by atoms with Crippen molar-refractivity contribution in [1.82, 2.24) is 20.1 Å². The van der Waals surface area contributed by atoms with Gasteiger partial charge in [-0.25, -0.2) is 13.8 Å². The van der Waals surface area contributed by atoms with Crippen LogP contribution in [0, 0.1) is 11.7 Å². The van der Waals surface area contributed by atoms with E-state index in [9.17, 15) is 18.7 Å². The number of thioether (sulfide) groups is 1. The summed E-state index contributed by atoms with van der Waals surface area (Å²) in [4.78, 5) is 19.4. The van der Waals surface area contributed by atoms with Crippen molar-refractivity contribution < 1.29 is 23.2 Å². The molecule has 41 heavy (non-hydrogen) atoms. The Hall–Kier alpha value is -2.55. The number of amides is 1. The molecule has 5 rings (SSSR count). The predicted molar refractivity (Wildman–Crippen MR) is 158 cm³/mol. The summed E-state index contributed by atoms with van der Waals surface area (Å²) in [5.74, 6) is -0.0181. The molecule has 1 aliphatic carbocycles. The van der Waals surface area contributed by atoms with E-state index in [-0.39, 0.29) is 48.6 Å². The fraction of sp³-hybridized carbons (Fsp3) is 0.407. The number of carbonyl (C=O) groups is 1. The third-order valence-corrected chi connectivity index (χ3v) is 9.23. The summed E-state index contributed by atoms with van der Waals surface area (Å²) in [6.07, 6.45) is 3.48. The van der Waals surface area contributed by atoms with Crippen molar-refractivity contribution in [3.05, 3.63) is 53.4 Å². The van der Waals surface area contributed by atoms with Crippen molar-refractivity contribution in [2.24, 2.45) is 5.92 Å². The molecule has 0 radical (unpaired) electrons. The number of aliphatic hydroxyl groups is 1. The van der Waals surface area contributed by atoms with Crippen LogP contribution in [0.4, 0.5) is 26.0 Å². The highest BCUT2D eigenvalue weighted by Gasteiger charge is 2.42. The van der Waals surface area contributed by atoms with Crippen LogP contribution in [0.2, 0.25) is 5.02 Å². The number of carbonyl (C=O) groups excluding carboxylic acids is 1. The number of nitrogens with zero attached hydrogens (tertiary/aromatic N) is 4. The molecule has 9 nitrogen and oxygen atoms in total. The first-order valence-electron chi connectivity index (χ1n) is 13.1. The van der Waals surface area contributed by atoms with Crippen molar-refractivity contribution in [3.63, 3.8) is 0 Å². The number of anilines is 3. The van der Waals surface area contributed by atoms with Gasteiger partial charge >= 0.3 is 0 Å². The Labute approximate surface area is 249 Å². The Morgan fingerprint density at radius 2 is 1.95 bits per heavy atom. The quantitative estimate of drug-likeness (QED) is 0.162. The number of aliphatic hydroxyl groups excluding tert-OH is 1. The Morgan fingerprint density at radius 3 is 2.68 bits per heavy atom. The molecule has 2 fully saturated rings. The molecular weight excluding hydrogens is 594 g/mol. The number of halogens is 3. The minimum atomic E-state index is -1.57. The molecule has 218 valence electrons. The van der Waals surface area contributed by atoms with Crippen molar-refractivity contribution in [2.45, 2.75) is 41.8 Å². The van der Waals surface area contributed by atoms with Crippen molar-refractivity contribution >= 4 is 58.5 Å². The third-order valence-electron chi connectivity index (χ3n) is 7.29. The molecule has 0 unspecified atom stereocenters. The molecule has 14 heteroatoms. The second-order valence-electron chi connectivity index (χ2n) is 10.0. The van der Waals surface area contributed by atoms with Crippen molar-refractivity contribution in [1.29, 1.82) is 0 Å². The van der Waals surface area contributed by atoms with Crippen LogP contribution in [0.15, 0.2) is 47.6 Å². The van der Waals surface area contributed by atoms with E-state index in [1.54, 1.807) is 24.4 Å². The topological polar surface area (TPSA) is 124 Å². The van der Waals surface area contributed by atoms with Gasteiger partial charge in [-0.15, -0.1) is 22.0 Å². The van der Waals surface area contributed by atoms with Crippen LogP contribution in [0.25, 0.3) is 11.3 Å². The molecule has 0 bridgehead atoms. The van der Waals surface area contributed by atoms with Gasteiger partial charge < -0.3 is 25.2 Å². The zero-order chi connectivity index (χ0) is 29.0. The van der Waals surface area contributed by atoms with Crippen LogP contribution < -0.4 is 10.6 Å². The number of rotatable bonds is 10. The molecule has 0 spiro atoms. The van der Waals surface area contributed by atoms with Gasteiger partial charge in [0.1, 0.15) is 16.7 Å². The number of nitrogens with one attached hydrogen (secondary N) is 2. The lowest BCUT2D eigenvalue weighted by atomic mass is 9.78. The van der Waals surface area contributed by atoms with E-state index < -0.39 is 10.8 Å². The summed E-state index contributed by atoms with van der Waals surface area (Å²) >= 11 is 7.65. The second kappa shape index (κ2) is 13.2. The van der Waals surface area contributed by atoms with Gasteiger partial charge in [0.2, 0.25) is 5.91 Å². The minimum absolute atomic E-state index is 0.0555. The molecule has 1 saturated heterocycles. The highest BCUT2D eigenvalue weighted by Crippen LogP contribution is 2.40. The number of alkyl halides is 1.